The molecule has 0 spiro atoms. The second-order valence-electron chi connectivity index (χ2n) is 2.72. The number of hydrogen-bond donors (Lipinski definition) is 1. The van der Waals surface area contributed by atoms with Crippen molar-refractivity contribution in [1.29, 1.82) is 0 Å². The predicted molar refractivity (Wildman–Crippen MR) is 50.7 cm³/mol. The fourth-order valence-electron chi connectivity index (χ4n) is 1.14. The molecule has 1 atom stereocenters. The molecule has 13 heavy (non-hydrogen) atoms. The van der Waals surface area contributed by atoms with Crippen LogP contribution in [0.25, 0.3) is 0 Å². The lowest BCUT2D eigenvalue weighted by molar-refractivity contribution is -0.385. The van der Waals surface area contributed by atoms with Crippen molar-refractivity contribution in [2.45, 2.75) is 13.0 Å². The van der Waals surface area contributed by atoms with Gasteiger partial charge in [0.1, 0.15) is 0 Å². The summed E-state index contributed by atoms with van der Waals surface area (Å²) in [4.78, 5) is 10.1. The van der Waals surface area contributed by atoms with E-state index in [0.29, 0.717) is 10.6 Å². The van der Waals surface area contributed by atoms with Crippen molar-refractivity contribution >= 4 is 17.3 Å². The van der Waals surface area contributed by atoms with E-state index in [-0.39, 0.29) is 5.69 Å². The van der Waals surface area contributed by atoms with Gasteiger partial charge >= 0.3 is 0 Å². The van der Waals surface area contributed by atoms with Crippen LogP contribution in [0.4, 0.5) is 5.69 Å². The lowest BCUT2D eigenvalue weighted by Gasteiger charge is -2.07. The third-order valence-electron chi connectivity index (χ3n) is 1.68. The average Bonchev–Trinajstić information content (AvgIpc) is 2.02. The Kier molecular flexibility index (Phi) is 2.85. The van der Waals surface area contributed by atoms with Gasteiger partial charge in [0.2, 0.25) is 0 Å². The summed E-state index contributed by atoms with van der Waals surface area (Å²) in [6.07, 6.45) is 0. The van der Waals surface area contributed by atoms with Crippen molar-refractivity contribution in [3.05, 3.63) is 38.9 Å². The van der Waals surface area contributed by atoms with Crippen LogP contribution in [0.1, 0.15) is 18.5 Å². The van der Waals surface area contributed by atoms with Gasteiger partial charge in [-0.05, 0) is 13.0 Å². The van der Waals surface area contributed by atoms with Crippen LogP contribution in [-0.2, 0) is 0 Å². The molecule has 1 aromatic rings. The molecular weight excluding hydrogens is 192 g/mol. The average molecular weight is 201 g/mol. The van der Waals surface area contributed by atoms with E-state index in [1.807, 2.05) is 0 Å². The largest absolute Gasteiger partial charge is 0.324 e. The summed E-state index contributed by atoms with van der Waals surface area (Å²) in [5.41, 5.74) is 5.92. The summed E-state index contributed by atoms with van der Waals surface area (Å²) in [6, 6.07) is 4.08. The number of hydrogen-bond acceptors (Lipinski definition) is 3. The topological polar surface area (TPSA) is 69.2 Å². The maximum atomic E-state index is 10.6. The summed E-state index contributed by atoms with van der Waals surface area (Å²) in [7, 11) is 0. The summed E-state index contributed by atoms with van der Waals surface area (Å²) in [5, 5.41) is 10.9. The molecule has 0 aromatic heterocycles. The van der Waals surface area contributed by atoms with Crippen molar-refractivity contribution in [1.82, 2.24) is 0 Å². The molecule has 0 radical (unpaired) electrons. The minimum atomic E-state index is -0.482. The highest BCUT2D eigenvalue weighted by Crippen LogP contribution is 2.30. The first kappa shape index (κ1) is 9.95. The molecule has 0 aliphatic rings. The van der Waals surface area contributed by atoms with Crippen molar-refractivity contribution in [2.24, 2.45) is 5.73 Å². The molecule has 0 heterocycles. The van der Waals surface area contributed by atoms with E-state index in [9.17, 15) is 10.1 Å². The highest BCUT2D eigenvalue weighted by Gasteiger charge is 2.18. The van der Waals surface area contributed by atoms with Crippen LogP contribution in [0.3, 0.4) is 0 Å². The zero-order valence-electron chi connectivity index (χ0n) is 7.03. The van der Waals surface area contributed by atoms with Crippen LogP contribution in [0, 0.1) is 10.1 Å². The van der Waals surface area contributed by atoms with Crippen LogP contribution >= 0.6 is 11.6 Å². The molecular formula is C8H9ClN2O2. The van der Waals surface area contributed by atoms with E-state index in [0.717, 1.165) is 0 Å². The second-order valence-corrected chi connectivity index (χ2v) is 3.13. The van der Waals surface area contributed by atoms with E-state index in [1.54, 1.807) is 13.0 Å². The quantitative estimate of drug-likeness (QED) is 0.588. The highest BCUT2D eigenvalue weighted by molar-refractivity contribution is 6.31. The van der Waals surface area contributed by atoms with Gasteiger partial charge in [-0.1, -0.05) is 17.7 Å². The van der Waals surface area contributed by atoms with E-state index in [2.05, 4.69) is 0 Å². The zero-order chi connectivity index (χ0) is 10.0. The lowest BCUT2D eigenvalue weighted by Crippen LogP contribution is -2.08. The van der Waals surface area contributed by atoms with Gasteiger partial charge in [-0.3, -0.25) is 10.1 Å². The highest BCUT2D eigenvalue weighted by atomic mass is 35.5. The molecule has 70 valence electrons. The Labute approximate surface area is 80.5 Å². The number of nitrogens with zero attached hydrogens (tertiary/aromatic N) is 1. The smallest absolute Gasteiger partial charge is 0.275 e. The molecule has 0 aliphatic heterocycles. The summed E-state index contributed by atoms with van der Waals surface area (Å²) < 4.78 is 0. The Morgan fingerprint density at radius 3 is 2.62 bits per heavy atom. The Hall–Kier alpha value is -1.13. The van der Waals surface area contributed by atoms with Crippen LogP contribution in [0.5, 0.6) is 0 Å². The summed E-state index contributed by atoms with van der Waals surface area (Å²) in [5.74, 6) is 0. The third-order valence-corrected chi connectivity index (χ3v) is 2.01. The molecule has 0 saturated carbocycles. The van der Waals surface area contributed by atoms with Crippen molar-refractivity contribution < 1.29 is 4.92 Å². The summed E-state index contributed by atoms with van der Waals surface area (Å²) >= 11 is 5.78. The maximum Gasteiger partial charge on any atom is 0.275 e. The first-order chi connectivity index (χ1) is 6.04. The fraction of sp³-hybridized carbons (Fsp3) is 0.250. The number of nitrogens with two attached hydrogens (primary N) is 1. The third kappa shape index (κ3) is 1.96. The zero-order valence-corrected chi connectivity index (χ0v) is 7.78. The first-order valence-corrected chi connectivity index (χ1v) is 4.10. The molecule has 2 N–H and O–H groups in total. The van der Waals surface area contributed by atoms with Crippen molar-refractivity contribution in [3.8, 4) is 0 Å². The number of halogens is 1. The molecule has 0 amide bonds. The monoisotopic (exact) mass is 200 g/mol. The molecule has 0 unspecified atom stereocenters. The van der Waals surface area contributed by atoms with Gasteiger partial charge in [0.15, 0.2) is 0 Å². The number of rotatable bonds is 2. The van der Waals surface area contributed by atoms with Crippen LogP contribution in [-0.4, -0.2) is 4.92 Å². The van der Waals surface area contributed by atoms with Crippen LogP contribution in [0.15, 0.2) is 18.2 Å². The Bertz CT molecular complexity index is 339. The number of benzene rings is 1. The van der Waals surface area contributed by atoms with Crippen LogP contribution in [0.2, 0.25) is 5.02 Å². The number of nitro benzene ring substituents is 1. The number of nitro groups is 1. The Morgan fingerprint density at radius 1 is 1.62 bits per heavy atom. The van der Waals surface area contributed by atoms with E-state index in [1.165, 1.54) is 12.1 Å². The molecule has 1 aromatic carbocycles. The van der Waals surface area contributed by atoms with E-state index < -0.39 is 11.0 Å². The molecule has 0 bridgehead atoms. The first-order valence-electron chi connectivity index (χ1n) is 3.72. The SMILES string of the molecule is C[C@@H](N)c1c(Cl)cccc1[N+](=O)[O-]. The molecule has 1 rings (SSSR count). The standard InChI is InChI=1S/C8H9ClN2O2/c1-5(10)8-6(9)3-2-4-7(8)11(12)13/h2-5H,10H2,1H3/t5-/m1/s1. The van der Waals surface area contributed by atoms with E-state index >= 15 is 0 Å². The summed E-state index contributed by atoms with van der Waals surface area (Å²) in [6.45, 7) is 1.66. The van der Waals surface area contributed by atoms with E-state index in [4.69, 9.17) is 17.3 Å². The Morgan fingerprint density at radius 2 is 2.23 bits per heavy atom. The molecule has 0 aliphatic carbocycles. The minimum Gasteiger partial charge on any atom is -0.324 e. The normalized spacial score (nSPS) is 12.5. The van der Waals surface area contributed by atoms with Gasteiger partial charge < -0.3 is 5.73 Å². The van der Waals surface area contributed by atoms with Crippen molar-refractivity contribution in [2.75, 3.05) is 0 Å². The van der Waals surface area contributed by atoms with Crippen molar-refractivity contribution in [3.63, 3.8) is 0 Å². The predicted octanol–water partition coefficient (Wildman–Crippen LogP) is 2.27. The van der Waals surface area contributed by atoms with Gasteiger partial charge in [0.05, 0.1) is 15.5 Å². The Balaban J connectivity index is 3.34. The van der Waals surface area contributed by atoms with Gasteiger partial charge in [-0.2, -0.15) is 0 Å². The fourth-order valence-corrected chi connectivity index (χ4v) is 1.48. The minimum absolute atomic E-state index is 0.0255. The van der Waals surface area contributed by atoms with Gasteiger partial charge in [-0.15, -0.1) is 0 Å². The van der Waals surface area contributed by atoms with Crippen LogP contribution < -0.4 is 5.73 Å². The lowest BCUT2D eigenvalue weighted by atomic mass is 10.1. The molecule has 4 nitrogen and oxygen atoms in total. The molecule has 0 fully saturated rings. The maximum absolute atomic E-state index is 10.6. The van der Waals surface area contributed by atoms with Gasteiger partial charge in [0, 0.05) is 12.1 Å². The molecule has 0 saturated heterocycles. The van der Waals surface area contributed by atoms with Gasteiger partial charge in [0.25, 0.3) is 5.69 Å². The van der Waals surface area contributed by atoms with Gasteiger partial charge in [-0.25, -0.2) is 0 Å². The second kappa shape index (κ2) is 3.72. The molecule has 5 heteroatoms.